The number of carbonyl (C=O) groups excluding carboxylic acids is 1. The van der Waals surface area contributed by atoms with E-state index in [0.717, 1.165) is 36.8 Å². The summed E-state index contributed by atoms with van der Waals surface area (Å²) in [4.78, 5) is 19.6. The second-order valence-corrected chi connectivity index (χ2v) is 7.29. The maximum atomic E-state index is 12.8. The Morgan fingerprint density at radius 3 is 2.60 bits per heavy atom. The van der Waals surface area contributed by atoms with Gasteiger partial charge >= 0.3 is 6.09 Å². The number of allylic oxidation sites excluding steroid dienone is 1. The summed E-state index contributed by atoms with van der Waals surface area (Å²) in [7, 11) is 0. The van der Waals surface area contributed by atoms with E-state index in [0.29, 0.717) is 18.8 Å². The van der Waals surface area contributed by atoms with Gasteiger partial charge in [-0.05, 0) is 82.2 Å². The van der Waals surface area contributed by atoms with E-state index < -0.39 is 12.0 Å². The van der Waals surface area contributed by atoms with E-state index in [2.05, 4.69) is 34.9 Å². The third-order valence-electron chi connectivity index (χ3n) is 4.40. The zero-order valence-corrected chi connectivity index (χ0v) is 18.4. The highest BCUT2D eigenvalue weighted by Gasteiger charge is 2.04. The molecule has 1 aromatic carbocycles. The monoisotopic (exact) mass is 416 g/mol. The van der Waals surface area contributed by atoms with Gasteiger partial charge < -0.3 is 15.8 Å². The van der Waals surface area contributed by atoms with Gasteiger partial charge in [0, 0.05) is 12.8 Å². The van der Waals surface area contributed by atoms with Gasteiger partial charge in [0.05, 0.1) is 6.61 Å². The molecule has 1 rings (SSSR count). The van der Waals surface area contributed by atoms with Crippen molar-refractivity contribution in [1.29, 1.82) is 0 Å². The SMILES string of the molecule is C=C(F)/N=C(/N)C(/N=C\CCCCCOC(=O)NCc1ccc(C)c(C)c1)=C(C)C. The van der Waals surface area contributed by atoms with Crippen molar-refractivity contribution in [1.82, 2.24) is 5.32 Å². The molecule has 0 aromatic heterocycles. The molecule has 0 aliphatic heterocycles. The number of nitrogens with two attached hydrogens (primary N) is 1. The Morgan fingerprint density at radius 1 is 1.23 bits per heavy atom. The van der Waals surface area contributed by atoms with Crippen molar-refractivity contribution < 1.29 is 13.9 Å². The highest BCUT2D eigenvalue weighted by Crippen LogP contribution is 2.10. The smallest absolute Gasteiger partial charge is 0.407 e. The maximum absolute atomic E-state index is 12.8. The van der Waals surface area contributed by atoms with Crippen LogP contribution in [0.4, 0.5) is 9.18 Å². The number of halogens is 1. The second-order valence-electron chi connectivity index (χ2n) is 7.29. The predicted octanol–water partition coefficient (Wildman–Crippen LogP) is 5.25. The van der Waals surface area contributed by atoms with Gasteiger partial charge in [-0.3, -0.25) is 4.99 Å². The number of amides is 1. The number of amidine groups is 1. The lowest BCUT2D eigenvalue weighted by atomic mass is 10.1. The van der Waals surface area contributed by atoms with Crippen LogP contribution in [-0.4, -0.2) is 24.8 Å². The van der Waals surface area contributed by atoms with Gasteiger partial charge in [0.2, 0.25) is 5.95 Å². The number of nitrogens with one attached hydrogen (secondary N) is 1. The number of benzene rings is 1. The molecule has 0 aliphatic rings. The van der Waals surface area contributed by atoms with Crippen LogP contribution in [0.25, 0.3) is 0 Å². The van der Waals surface area contributed by atoms with E-state index >= 15 is 0 Å². The fraction of sp³-hybridized carbons (Fsp3) is 0.435. The van der Waals surface area contributed by atoms with E-state index in [4.69, 9.17) is 10.5 Å². The minimum absolute atomic E-state index is 0.0129. The molecule has 0 saturated carbocycles. The topological polar surface area (TPSA) is 89.1 Å². The molecule has 164 valence electrons. The van der Waals surface area contributed by atoms with Crippen molar-refractivity contribution in [2.24, 2.45) is 15.7 Å². The van der Waals surface area contributed by atoms with Gasteiger partial charge in [-0.25, -0.2) is 9.79 Å². The zero-order valence-electron chi connectivity index (χ0n) is 18.4. The van der Waals surface area contributed by atoms with E-state index in [1.165, 1.54) is 11.1 Å². The van der Waals surface area contributed by atoms with Crippen LogP contribution in [0.2, 0.25) is 0 Å². The molecule has 1 amide bonds. The van der Waals surface area contributed by atoms with E-state index in [-0.39, 0.29) is 5.84 Å². The number of rotatable bonds is 11. The van der Waals surface area contributed by atoms with E-state index in [1.54, 1.807) is 6.21 Å². The summed E-state index contributed by atoms with van der Waals surface area (Å²) >= 11 is 0. The predicted molar refractivity (Wildman–Crippen MR) is 121 cm³/mol. The molecule has 0 atom stereocenters. The number of ether oxygens (including phenoxy) is 1. The number of hydrogen-bond donors (Lipinski definition) is 2. The number of unbranched alkanes of at least 4 members (excludes halogenated alkanes) is 3. The Kier molecular flexibility index (Phi) is 11.1. The van der Waals surface area contributed by atoms with Gasteiger partial charge in [-0.1, -0.05) is 18.2 Å². The van der Waals surface area contributed by atoms with Gasteiger partial charge in [0.25, 0.3) is 0 Å². The lowest BCUT2D eigenvalue weighted by molar-refractivity contribution is 0.143. The van der Waals surface area contributed by atoms with Crippen LogP contribution in [-0.2, 0) is 11.3 Å². The summed E-state index contributed by atoms with van der Waals surface area (Å²) in [6, 6.07) is 6.10. The van der Waals surface area contributed by atoms with Gasteiger partial charge in [0.1, 0.15) is 5.70 Å². The minimum Gasteiger partial charge on any atom is -0.450 e. The van der Waals surface area contributed by atoms with Gasteiger partial charge in [-0.15, -0.1) is 0 Å². The van der Waals surface area contributed by atoms with Crippen molar-refractivity contribution in [3.05, 3.63) is 58.7 Å². The Labute approximate surface area is 178 Å². The van der Waals surface area contributed by atoms with E-state index in [1.807, 2.05) is 32.9 Å². The molecule has 0 unspecified atom stereocenters. The largest absolute Gasteiger partial charge is 0.450 e. The molecule has 0 fully saturated rings. The molecule has 0 bridgehead atoms. The first-order valence-corrected chi connectivity index (χ1v) is 10.1. The summed E-state index contributed by atoms with van der Waals surface area (Å²) in [5.74, 6) is -0.835. The molecule has 30 heavy (non-hydrogen) atoms. The average molecular weight is 417 g/mol. The number of nitrogens with zero attached hydrogens (tertiary/aromatic N) is 2. The molecule has 0 spiro atoms. The molecule has 1 aromatic rings. The Bertz CT molecular complexity index is 824. The third-order valence-corrected chi connectivity index (χ3v) is 4.40. The Morgan fingerprint density at radius 2 is 1.97 bits per heavy atom. The molecule has 3 N–H and O–H groups in total. The van der Waals surface area contributed by atoms with Crippen LogP contribution in [0.15, 0.2) is 52.0 Å². The van der Waals surface area contributed by atoms with Crippen LogP contribution in [0.5, 0.6) is 0 Å². The molecular formula is C23H33FN4O2. The van der Waals surface area contributed by atoms with Crippen LogP contribution in [0, 0.1) is 13.8 Å². The molecular weight excluding hydrogens is 383 g/mol. The maximum Gasteiger partial charge on any atom is 0.407 e. The lowest BCUT2D eigenvalue weighted by Gasteiger charge is -2.08. The molecule has 0 aliphatic carbocycles. The molecule has 6 nitrogen and oxygen atoms in total. The third kappa shape index (κ3) is 10.0. The summed E-state index contributed by atoms with van der Waals surface area (Å²) in [6.07, 6.45) is 4.62. The summed E-state index contributed by atoms with van der Waals surface area (Å²) < 4.78 is 18.0. The molecule has 0 saturated heterocycles. The number of carbonyl (C=O) groups is 1. The number of alkyl carbamates (subject to hydrolysis) is 1. The van der Waals surface area contributed by atoms with Gasteiger partial charge in [0.15, 0.2) is 5.84 Å². The first-order valence-electron chi connectivity index (χ1n) is 10.1. The molecule has 7 heteroatoms. The van der Waals surface area contributed by atoms with E-state index in [9.17, 15) is 9.18 Å². The molecule has 0 heterocycles. The van der Waals surface area contributed by atoms with Crippen LogP contribution in [0.1, 0.15) is 56.2 Å². The first kappa shape index (κ1) is 25.1. The van der Waals surface area contributed by atoms with Gasteiger partial charge in [-0.2, -0.15) is 4.39 Å². The highest BCUT2D eigenvalue weighted by molar-refractivity contribution is 5.98. The average Bonchev–Trinajstić information content (AvgIpc) is 2.66. The van der Waals surface area contributed by atoms with Crippen molar-refractivity contribution in [3.63, 3.8) is 0 Å². The van der Waals surface area contributed by atoms with Crippen LogP contribution in [0.3, 0.4) is 0 Å². The fourth-order valence-corrected chi connectivity index (χ4v) is 2.61. The lowest BCUT2D eigenvalue weighted by Crippen LogP contribution is -2.24. The Hall–Kier alpha value is -2.96. The van der Waals surface area contributed by atoms with Crippen molar-refractivity contribution in [2.45, 2.75) is 59.9 Å². The van der Waals surface area contributed by atoms with Crippen molar-refractivity contribution in [3.8, 4) is 0 Å². The molecule has 0 radical (unpaired) electrons. The zero-order chi connectivity index (χ0) is 22.5. The number of aliphatic imine (C=N–C) groups is 2. The summed E-state index contributed by atoms with van der Waals surface area (Å²) in [5.41, 5.74) is 10.5. The summed E-state index contributed by atoms with van der Waals surface area (Å²) in [6.45, 7) is 11.7. The van der Waals surface area contributed by atoms with Crippen molar-refractivity contribution in [2.75, 3.05) is 6.61 Å². The van der Waals surface area contributed by atoms with Crippen LogP contribution < -0.4 is 11.1 Å². The first-order chi connectivity index (χ1) is 14.2. The number of hydrogen-bond acceptors (Lipinski definition) is 4. The fourth-order valence-electron chi connectivity index (χ4n) is 2.61. The number of aryl methyl sites for hydroxylation is 2. The Balaban J connectivity index is 2.22. The second kappa shape index (κ2) is 13.3. The standard InChI is InChI=1S/C23H33FN4O2/c1-16(2)21(22(25)28-19(5)24)26-12-8-6-7-9-13-30-23(29)27-15-20-11-10-17(3)18(4)14-20/h10-12,14H,5-9,13,15H2,1-4H3,(H2,25,28)(H,27,29)/b26-12-. The highest BCUT2D eigenvalue weighted by atomic mass is 19.1. The minimum atomic E-state index is -0.848. The van der Waals surface area contributed by atoms with Crippen LogP contribution >= 0.6 is 0 Å². The summed E-state index contributed by atoms with van der Waals surface area (Å²) in [5, 5.41) is 2.76. The quantitative estimate of drug-likeness (QED) is 0.223. The normalized spacial score (nSPS) is 11.4. The van der Waals surface area contributed by atoms with Crippen molar-refractivity contribution >= 4 is 18.1 Å².